The number of halogens is 1. The predicted octanol–water partition coefficient (Wildman–Crippen LogP) is 3.91. The van der Waals surface area contributed by atoms with Gasteiger partial charge in [0.1, 0.15) is 23.7 Å². The molecule has 1 aromatic carbocycles. The van der Waals surface area contributed by atoms with Crippen molar-refractivity contribution < 1.29 is 18.8 Å². The summed E-state index contributed by atoms with van der Waals surface area (Å²) < 4.78 is 16.3. The third kappa shape index (κ3) is 5.07. The van der Waals surface area contributed by atoms with E-state index >= 15 is 0 Å². The van der Waals surface area contributed by atoms with Gasteiger partial charge in [-0.25, -0.2) is 9.37 Å². The van der Waals surface area contributed by atoms with Crippen molar-refractivity contribution in [2.75, 3.05) is 5.32 Å². The first kappa shape index (κ1) is 22.0. The fraction of sp³-hybridized carbons (Fsp3) is 0.318. The van der Waals surface area contributed by atoms with E-state index in [4.69, 9.17) is 9.59 Å². The zero-order chi connectivity index (χ0) is 22.5. The van der Waals surface area contributed by atoms with Crippen molar-refractivity contribution >= 4 is 17.9 Å². The molecule has 9 heteroatoms. The number of nitrogens with one attached hydrogen (secondary N) is 1. The summed E-state index contributed by atoms with van der Waals surface area (Å²) in [5.74, 6) is 0.373. The van der Waals surface area contributed by atoms with Gasteiger partial charge in [-0.2, -0.15) is 9.59 Å². The molecule has 1 saturated carbocycles. The van der Waals surface area contributed by atoms with Gasteiger partial charge in [0, 0.05) is 6.04 Å². The lowest BCUT2D eigenvalue weighted by Crippen LogP contribution is -2.16. The molecular weight excluding hydrogens is 401 g/mol. The molecule has 8 nitrogen and oxygen atoms in total. The lowest BCUT2D eigenvalue weighted by atomic mass is 10.00. The van der Waals surface area contributed by atoms with Gasteiger partial charge in [0.05, 0.1) is 5.56 Å². The Bertz CT molecular complexity index is 1130. The first-order valence-electron chi connectivity index (χ1n) is 9.83. The average Bonchev–Trinajstić information content (AvgIpc) is 3.43. The van der Waals surface area contributed by atoms with Gasteiger partial charge in [0.15, 0.2) is 5.82 Å². The third-order valence-corrected chi connectivity index (χ3v) is 4.97. The number of rotatable bonds is 5. The van der Waals surface area contributed by atoms with Crippen LogP contribution in [0.15, 0.2) is 36.7 Å². The van der Waals surface area contributed by atoms with E-state index in [1.165, 1.54) is 6.07 Å². The lowest BCUT2D eigenvalue weighted by molar-refractivity contribution is -0.191. The van der Waals surface area contributed by atoms with E-state index < -0.39 is 11.7 Å². The Morgan fingerprint density at radius 1 is 1.26 bits per heavy atom. The zero-order valence-corrected chi connectivity index (χ0v) is 17.4. The van der Waals surface area contributed by atoms with Crippen molar-refractivity contribution in [2.24, 2.45) is 0 Å². The van der Waals surface area contributed by atoms with Gasteiger partial charge in [-0.15, -0.1) is 10.2 Å². The molecule has 1 fully saturated rings. The molecule has 1 aliphatic carbocycles. The topological polar surface area (TPSA) is 107 Å². The second-order valence-electron chi connectivity index (χ2n) is 7.56. The van der Waals surface area contributed by atoms with Crippen LogP contribution in [0.2, 0.25) is 0 Å². The number of pyridine rings is 1. The molecule has 2 aromatic heterocycles. The summed E-state index contributed by atoms with van der Waals surface area (Å²) in [5.41, 5.74) is 2.58. The smallest absolute Gasteiger partial charge is 0.310 e. The molecule has 0 unspecified atom stereocenters. The molecule has 4 rings (SSSR count). The van der Waals surface area contributed by atoms with Gasteiger partial charge in [0.2, 0.25) is 0 Å². The normalized spacial score (nSPS) is 12.7. The van der Waals surface area contributed by atoms with Crippen molar-refractivity contribution in [1.82, 2.24) is 19.7 Å². The predicted molar refractivity (Wildman–Crippen MR) is 110 cm³/mol. The standard InChI is InChI=1S/C21H22FN5O.CO2/c1-12(2)27-11-23-26-20(27)18-5-4-6-19(24-18)25-21(28)16-10-15(14-7-8-14)13(3)9-17(16)22;2-1-3/h4-6,9-12,14H,7-8H2,1-3H3,(H,24,25,28);. The van der Waals surface area contributed by atoms with Crippen LogP contribution in [-0.2, 0) is 9.59 Å². The fourth-order valence-electron chi connectivity index (χ4n) is 3.31. The minimum Gasteiger partial charge on any atom is -0.310 e. The molecule has 0 bridgehead atoms. The highest BCUT2D eigenvalue weighted by Crippen LogP contribution is 2.42. The molecule has 0 atom stereocenters. The summed E-state index contributed by atoms with van der Waals surface area (Å²) in [6.07, 6.45) is 4.08. The molecule has 2 heterocycles. The van der Waals surface area contributed by atoms with Crippen molar-refractivity contribution in [3.8, 4) is 11.5 Å². The maximum Gasteiger partial charge on any atom is 0.373 e. The number of aromatic nitrogens is 4. The largest absolute Gasteiger partial charge is 0.373 e. The maximum atomic E-state index is 14.4. The summed E-state index contributed by atoms with van der Waals surface area (Å²) in [6, 6.07) is 8.54. The minimum atomic E-state index is -0.518. The molecule has 3 aromatic rings. The number of hydrogen-bond donors (Lipinski definition) is 1. The van der Waals surface area contributed by atoms with Gasteiger partial charge >= 0.3 is 6.15 Å². The molecule has 0 radical (unpaired) electrons. The molecule has 0 aliphatic heterocycles. The number of aryl methyl sites for hydroxylation is 1. The van der Waals surface area contributed by atoms with E-state index in [1.54, 1.807) is 30.6 Å². The molecule has 1 N–H and O–H groups in total. The highest BCUT2D eigenvalue weighted by Gasteiger charge is 2.27. The highest BCUT2D eigenvalue weighted by atomic mass is 19.1. The Morgan fingerprint density at radius 2 is 1.97 bits per heavy atom. The Kier molecular flexibility index (Phi) is 6.67. The summed E-state index contributed by atoms with van der Waals surface area (Å²) in [7, 11) is 0. The van der Waals surface area contributed by atoms with E-state index in [0.29, 0.717) is 23.3 Å². The van der Waals surface area contributed by atoms with Gasteiger partial charge in [-0.1, -0.05) is 6.07 Å². The highest BCUT2D eigenvalue weighted by molar-refractivity contribution is 6.04. The van der Waals surface area contributed by atoms with Crippen molar-refractivity contribution in [3.63, 3.8) is 0 Å². The number of anilines is 1. The van der Waals surface area contributed by atoms with Crippen molar-refractivity contribution in [2.45, 2.75) is 45.6 Å². The van der Waals surface area contributed by atoms with Crippen LogP contribution in [-0.4, -0.2) is 31.8 Å². The molecular formula is C22H22FN5O3. The first-order valence-corrected chi connectivity index (χ1v) is 9.83. The van der Waals surface area contributed by atoms with E-state index in [0.717, 1.165) is 24.0 Å². The Morgan fingerprint density at radius 3 is 2.61 bits per heavy atom. The molecule has 0 saturated heterocycles. The van der Waals surface area contributed by atoms with E-state index in [2.05, 4.69) is 20.5 Å². The number of carbonyl (C=O) groups excluding carboxylic acids is 3. The van der Waals surface area contributed by atoms with Gasteiger partial charge in [-0.3, -0.25) is 4.79 Å². The van der Waals surface area contributed by atoms with E-state index in [9.17, 15) is 9.18 Å². The van der Waals surface area contributed by atoms with Crippen LogP contribution in [0.3, 0.4) is 0 Å². The van der Waals surface area contributed by atoms with Crippen LogP contribution in [0, 0.1) is 12.7 Å². The number of benzene rings is 1. The van der Waals surface area contributed by atoms with Gasteiger partial charge in [-0.05, 0) is 74.9 Å². The maximum absolute atomic E-state index is 14.4. The van der Waals surface area contributed by atoms with Crippen LogP contribution in [0.1, 0.15) is 60.1 Å². The van der Waals surface area contributed by atoms with Gasteiger partial charge < -0.3 is 9.88 Å². The second kappa shape index (κ2) is 9.40. The second-order valence-corrected chi connectivity index (χ2v) is 7.56. The molecule has 160 valence electrons. The summed E-state index contributed by atoms with van der Waals surface area (Å²) in [5, 5.41) is 10.8. The monoisotopic (exact) mass is 423 g/mol. The van der Waals surface area contributed by atoms with E-state index in [1.807, 2.05) is 25.3 Å². The van der Waals surface area contributed by atoms with Crippen LogP contribution in [0.5, 0.6) is 0 Å². The van der Waals surface area contributed by atoms with Crippen LogP contribution in [0.4, 0.5) is 10.2 Å². The summed E-state index contributed by atoms with van der Waals surface area (Å²) >= 11 is 0. The number of nitrogens with zero attached hydrogens (tertiary/aromatic N) is 4. The van der Waals surface area contributed by atoms with Gasteiger partial charge in [0.25, 0.3) is 5.91 Å². The molecule has 1 aliphatic rings. The van der Waals surface area contributed by atoms with Crippen LogP contribution >= 0.6 is 0 Å². The SMILES string of the molecule is Cc1cc(F)c(C(=O)Nc2cccc(-c3nncn3C(C)C)n2)cc1C1CC1.O=C=O. The number of amides is 1. The minimum absolute atomic E-state index is 0.0463. The van der Waals surface area contributed by atoms with Crippen molar-refractivity contribution in [3.05, 3.63) is 59.2 Å². The summed E-state index contributed by atoms with van der Waals surface area (Å²) in [4.78, 5) is 33.4. The number of hydrogen-bond acceptors (Lipinski definition) is 6. The summed E-state index contributed by atoms with van der Waals surface area (Å²) in [6.45, 7) is 5.93. The molecule has 0 spiro atoms. The Hall–Kier alpha value is -3.71. The third-order valence-electron chi connectivity index (χ3n) is 4.97. The zero-order valence-electron chi connectivity index (χ0n) is 17.4. The molecule has 1 amide bonds. The van der Waals surface area contributed by atoms with Crippen molar-refractivity contribution in [1.29, 1.82) is 0 Å². The lowest BCUT2D eigenvalue weighted by Gasteiger charge is -2.12. The Labute approximate surface area is 178 Å². The quantitative estimate of drug-likeness (QED) is 0.667. The fourth-order valence-corrected chi connectivity index (χ4v) is 3.31. The van der Waals surface area contributed by atoms with Crippen LogP contribution in [0.25, 0.3) is 11.5 Å². The Balaban J connectivity index is 0.000000858. The number of carbonyl (C=O) groups is 1. The van der Waals surface area contributed by atoms with E-state index in [-0.39, 0.29) is 17.8 Å². The molecule has 31 heavy (non-hydrogen) atoms. The van der Waals surface area contributed by atoms with Crippen LogP contribution < -0.4 is 5.32 Å². The first-order chi connectivity index (χ1) is 14.8. The average molecular weight is 423 g/mol.